The van der Waals surface area contributed by atoms with Crippen molar-refractivity contribution in [2.24, 2.45) is 4.99 Å². The smallest absolute Gasteiger partial charge is 0.223 e. The van der Waals surface area contributed by atoms with Gasteiger partial charge in [-0.05, 0) is 50.3 Å². The molecule has 152 valence electrons. The van der Waals surface area contributed by atoms with Crippen molar-refractivity contribution < 1.29 is 10.2 Å². The largest absolute Gasteiger partial charge is 0.393 e. The van der Waals surface area contributed by atoms with Crippen LogP contribution in [0.4, 0.5) is 11.8 Å². The molecule has 0 spiro atoms. The summed E-state index contributed by atoms with van der Waals surface area (Å²) in [5.74, 6) is 1.20. The van der Waals surface area contributed by atoms with E-state index < -0.39 is 0 Å². The number of hydrogen-bond acceptors (Lipinski definition) is 8. The van der Waals surface area contributed by atoms with Crippen molar-refractivity contribution in [1.29, 1.82) is 0 Å². The number of nitrogens with zero attached hydrogens (tertiary/aromatic N) is 4. The van der Waals surface area contributed by atoms with Gasteiger partial charge in [-0.15, -0.1) is 0 Å². The first kappa shape index (κ1) is 19.7. The molecule has 3 aromatic rings. The lowest BCUT2D eigenvalue weighted by Gasteiger charge is -2.26. The van der Waals surface area contributed by atoms with E-state index in [1.807, 2.05) is 19.2 Å². The topological polar surface area (TPSA) is 119 Å². The van der Waals surface area contributed by atoms with Gasteiger partial charge in [-0.25, -0.2) is 19.9 Å². The molecule has 1 saturated carbocycles. The predicted molar refractivity (Wildman–Crippen MR) is 112 cm³/mol. The van der Waals surface area contributed by atoms with E-state index in [4.69, 9.17) is 5.11 Å². The summed E-state index contributed by atoms with van der Waals surface area (Å²) in [6.45, 7) is 1.92. The van der Waals surface area contributed by atoms with Crippen LogP contribution >= 0.6 is 11.3 Å². The highest BCUT2D eigenvalue weighted by molar-refractivity contribution is 7.12. The lowest BCUT2D eigenvalue weighted by Crippen LogP contribution is -2.29. The quantitative estimate of drug-likeness (QED) is 0.511. The van der Waals surface area contributed by atoms with Crippen LogP contribution in [0.2, 0.25) is 0 Å². The van der Waals surface area contributed by atoms with Crippen LogP contribution in [0.1, 0.15) is 36.9 Å². The van der Waals surface area contributed by atoms with Crippen LogP contribution in [-0.4, -0.2) is 42.3 Å². The SMILES string of the molecule is Cc1cc(-c2c[nH]/c(=N/c3ccc(CO)cn3)s2)nc(N[C@H]2CC[C@H](O)CC2)n1. The Hall–Kier alpha value is -2.62. The fraction of sp³-hybridized carbons (Fsp3) is 0.400. The highest BCUT2D eigenvalue weighted by atomic mass is 32.1. The normalized spacial score (nSPS) is 20.0. The molecular weight excluding hydrogens is 388 g/mol. The van der Waals surface area contributed by atoms with Crippen molar-refractivity contribution in [1.82, 2.24) is 19.9 Å². The third kappa shape index (κ3) is 5.06. The molecule has 0 aromatic carbocycles. The van der Waals surface area contributed by atoms with Crippen LogP contribution < -0.4 is 10.1 Å². The zero-order valence-corrected chi connectivity index (χ0v) is 17.0. The molecule has 1 fully saturated rings. The Labute approximate surface area is 172 Å². The number of rotatable bonds is 5. The Balaban J connectivity index is 1.54. The minimum absolute atomic E-state index is 0.0343. The first-order valence-corrected chi connectivity index (χ1v) is 10.5. The first-order chi connectivity index (χ1) is 14.1. The van der Waals surface area contributed by atoms with Crippen LogP contribution in [-0.2, 0) is 6.61 Å². The van der Waals surface area contributed by atoms with Gasteiger partial charge in [-0.3, -0.25) is 0 Å². The zero-order valence-electron chi connectivity index (χ0n) is 16.2. The van der Waals surface area contributed by atoms with Crippen LogP contribution in [0.25, 0.3) is 10.6 Å². The van der Waals surface area contributed by atoms with Crippen molar-refractivity contribution >= 4 is 23.1 Å². The van der Waals surface area contributed by atoms with E-state index in [1.54, 1.807) is 18.3 Å². The molecule has 0 unspecified atom stereocenters. The standard InChI is InChI=1S/C20H24N6O2S/c1-12-8-16(25-19(23-12)24-14-3-5-15(28)6-4-14)17-10-22-20(29-17)26-18-7-2-13(11-27)9-21-18/h2,7-10,14-15,27-28H,3-6,11H2,1H3,(H,21,22,26)(H,23,24,25)/t14-,15-. The number of thiazole rings is 1. The second-order valence-corrected chi connectivity index (χ2v) is 8.25. The average molecular weight is 413 g/mol. The van der Waals surface area contributed by atoms with Crippen molar-refractivity contribution in [3.05, 3.63) is 46.7 Å². The fourth-order valence-electron chi connectivity index (χ4n) is 3.31. The molecule has 8 nitrogen and oxygen atoms in total. The van der Waals surface area contributed by atoms with E-state index in [0.29, 0.717) is 17.8 Å². The molecule has 3 aromatic heterocycles. The van der Waals surface area contributed by atoms with Gasteiger partial charge in [0.15, 0.2) is 10.6 Å². The van der Waals surface area contributed by atoms with Gasteiger partial charge in [0.05, 0.1) is 23.3 Å². The number of aliphatic hydroxyl groups is 2. The fourth-order valence-corrected chi connectivity index (χ4v) is 4.11. The second kappa shape index (κ2) is 8.81. The van der Waals surface area contributed by atoms with Gasteiger partial charge in [0, 0.05) is 24.1 Å². The van der Waals surface area contributed by atoms with Gasteiger partial charge in [-0.2, -0.15) is 0 Å². The number of hydrogen-bond donors (Lipinski definition) is 4. The van der Waals surface area contributed by atoms with Crippen molar-refractivity contribution in [2.45, 2.75) is 51.4 Å². The lowest BCUT2D eigenvalue weighted by molar-refractivity contribution is 0.126. The molecule has 0 bridgehead atoms. The van der Waals surface area contributed by atoms with E-state index in [2.05, 4.69) is 30.2 Å². The van der Waals surface area contributed by atoms with E-state index >= 15 is 0 Å². The molecule has 3 heterocycles. The monoisotopic (exact) mass is 412 g/mol. The highest BCUT2D eigenvalue weighted by Gasteiger charge is 2.20. The van der Waals surface area contributed by atoms with Crippen LogP contribution in [0.15, 0.2) is 35.6 Å². The molecular formula is C20H24N6O2S. The molecule has 0 atom stereocenters. The summed E-state index contributed by atoms with van der Waals surface area (Å²) >= 11 is 1.49. The molecule has 1 aliphatic carbocycles. The van der Waals surface area contributed by atoms with Crippen LogP contribution in [0, 0.1) is 6.92 Å². The van der Waals surface area contributed by atoms with Gasteiger partial charge in [0.2, 0.25) is 5.95 Å². The Bertz CT molecular complexity index is 1020. The summed E-state index contributed by atoms with van der Waals surface area (Å²) in [6, 6.07) is 5.82. The number of pyridine rings is 1. The maximum Gasteiger partial charge on any atom is 0.223 e. The second-order valence-electron chi connectivity index (χ2n) is 7.22. The minimum Gasteiger partial charge on any atom is -0.393 e. The Morgan fingerprint density at radius 2 is 2.07 bits per heavy atom. The van der Waals surface area contributed by atoms with Crippen molar-refractivity contribution in [2.75, 3.05) is 5.32 Å². The molecule has 9 heteroatoms. The first-order valence-electron chi connectivity index (χ1n) is 9.69. The lowest BCUT2D eigenvalue weighted by atomic mass is 9.93. The van der Waals surface area contributed by atoms with Crippen molar-refractivity contribution in [3.63, 3.8) is 0 Å². The van der Waals surface area contributed by atoms with Gasteiger partial charge in [0.1, 0.15) is 0 Å². The van der Waals surface area contributed by atoms with E-state index in [9.17, 15) is 5.11 Å². The summed E-state index contributed by atoms with van der Waals surface area (Å²) < 4.78 is 0. The maximum absolute atomic E-state index is 9.68. The number of H-pyrrole nitrogens is 1. The van der Waals surface area contributed by atoms with E-state index in [0.717, 1.165) is 52.3 Å². The van der Waals surface area contributed by atoms with Crippen LogP contribution in [0.3, 0.4) is 0 Å². The number of aliphatic hydroxyl groups excluding tert-OH is 2. The third-order valence-corrected chi connectivity index (χ3v) is 5.83. The number of aromatic nitrogens is 4. The predicted octanol–water partition coefficient (Wildman–Crippen LogP) is 2.68. The summed E-state index contributed by atoms with van der Waals surface area (Å²) in [4.78, 5) is 22.8. The Kier molecular flexibility index (Phi) is 5.98. The molecule has 1 aliphatic rings. The third-order valence-electron chi connectivity index (χ3n) is 4.88. The molecule has 0 saturated heterocycles. The molecule has 4 rings (SSSR count). The highest BCUT2D eigenvalue weighted by Crippen LogP contribution is 2.24. The van der Waals surface area contributed by atoms with Gasteiger partial charge in [0.25, 0.3) is 0 Å². The number of anilines is 1. The summed E-state index contributed by atoms with van der Waals surface area (Å²) in [5, 5.41) is 22.2. The minimum atomic E-state index is -0.180. The summed E-state index contributed by atoms with van der Waals surface area (Å²) in [6.07, 6.45) is 6.79. The number of aryl methyl sites for hydroxylation is 1. The Morgan fingerprint density at radius 1 is 1.24 bits per heavy atom. The van der Waals surface area contributed by atoms with Crippen molar-refractivity contribution in [3.8, 4) is 10.6 Å². The summed E-state index contributed by atoms with van der Waals surface area (Å²) in [5.41, 5.74) is 2.48. The number of nitrogens with one attached hydrogen (secondary N) is 2. The summed E-state index contributed by atoms with van der Waals surface area (Å²) in [7, 11) is 0. The van der Waals surface area contributed by atoms with Gasteiger partial charge < -0.3 is 20.5 Å². The molecule has 0 radical (unpaired) electrons. The molecule has 29 heavy (non-hydrogen) atoms. The molecule has 0 aliphatic heterocycles. The van der Waals surface area contributed by atoms with E-state index in [1.165, 1.54) is 11.3 Å². The zero-order chi connectivity index (χ0) is 20.2. The van der Waals surface area contributed by atoms with Gasteiger partial charge in [-0.1, -0.05) is 17.4 Å². The number of aromatic amines is 1. The van der Waals surface area contributed by atoms with Crippen LogP contribution in [0.5, 0.6) is 0 Å². The molecule has 4 N–H and O–H groups in total. The van der Waals surface area contributed by atoms with Gasteiger partial charge >= 0.3 is 0 Å². The van der Waals surface area contributed by atoms with E-state index in [-0.39, 0.29) is 12.7 Å². The maximum atomic E-state index is 9.68. The Morgan fingerprint density at radius 3 is 2.79 bits per heavy atom. The average Bonchev–Trinajstić information content (AvgIpc) is 3.18. The molecule has 0 amide bonds.